The number of carbonyl (C=O) groups excluding carboxylic acids is 1. The lowest BCUT2D eigenvalue weighted by atomic mass is 9.87. The molecular formula is C18H23NO2. The largest absolute Gasteiger partial charge is 0.384 e. The Balaban J connectivity index is 1.99. The fourth-order valence-electron chi connectivity index (χ4n) is 2.83. The molecule has 1 saturated carbocycles. The zero-order valence-corrected chi connectivity index (χ0v) is 12.8. The van der Waals surface area contributed by atoms with E-state index in [1.165, 1.54) is 0 Å². The van der Waals surface area contributed by atoms with E-state index < -0.39 is 0 Å². The van der Waals surface area contributed by atoms with E-state index in [0.717, 1.165) is 36.8 Å². The average Bonchev–Trinajstić information content (AvgIpc) is 2.94. The van der Waals surface area contributed by atoms with E-state index in [0.29, 0.717) is 0 Å². The van der Waals surface area contributed by atoms with Crippen LogP contribution in [0.3, 0.4) is 0 Å². The number of rotatable bonds is 3. The molecule has 1 amide bonds. The second kappa shape index (κ2) is 6.78. The van der Waals surface area contributed by atoms with E-state index in [1.807, 2.05) is 31.2 Å². The van der Waals surface area contributed by atoms with Gasteiger partial charge in [0.2, 0.25) is 5.91 Å². The minimum absolute atomic E-state index is 0.00484. The van der Waals surface area contributed by atoms with Crippen LogP contribution in [0.25, 0.3) is 0 Å². The molecule has 2 N–H and O–H groups in total. The molecule has 0 heterocycles. The summed E-state index contributed by atoms with van der Waals surface area (Å²) in [7, 11) is 0. The van der Waals surface area contributed by atoms with Gasteiger partial charge in [-0.25, -0.2) is 0 Å². The molecule has 1 aliphatic rings. The Morgan fingerprint density at radius 3 is 2.52 bits per heavy atom. The van der Waals surface area contributed by atoms with Crippen molar-refractivity contribution >= 4 is 5.91 Å². The van der Waals surface area contributed by atoms with Crippen LogP contribution in [-0.4, -0.2) is 17.6 Å². The molecule has 1 atom stereocenters. The maximum absolute atomic E-state index is 12.4. The lowest BCUT2D eigenvalue weighted by Gasteiger charge is -2.25. The highest BCUT2D eigenvalue weighted by molar-refractivity contribution is 5.82. The van der Waals surface area contributed by atoms with E-state index >= 15 is 0 Å². The van der Waals surface area contributed by atoms with Crippen LogP contribution in [-0.2, 0) is 4.79 Å². The highest BCUT2D eigenvalue weighted by atomic mass is 16.2. The third kappa shape index (κ3) is 3.86. The van der Waals surface area contributed by atoms with Gasteiger partial charge in [0, 0.05) is 11.0 Å². The van der Waals surface area contributed by atoms with Crippen LogP contribution in [0.4, 0.5) is 0 Å². The first-order chi connectivity index (χ1) is 10.0. The molecule has 3 nitrogen and oxygen atoms in total. The Morgan fingerprint density at radius 1 is 1.33 bits per heavy atom. The molecule has 1 aromatic carbocycles. The van der Waals surface area contributed by atoms with Crippen molar-refractivity contribution in [3.05, 3.63) is 35.4 Å². The van der Waals surface area contributed by atoms with Crippen LogP contribution >= 0.6 is 0 Å². The maximum atomic E-state index is 12.4. The van der Waals surface area contributed by atoms with Crippen LogP contribution in [0.15, 0.2) is 24.3 Å². The zero-order chi connectivity index (χ0) is 15.3. The van der Waals surface area contributed by atoms with Crippen LogP contribution in [0.1, 0.15) is 56.7 Å². The topological polar surface area (TPSA) is 49.3 Å². The molecule has 3 heteroatoms. The minimum Gasteiger partial charge on any atom is -0.384 e. The Kier molecular flexibility index (Phi) is 5.03. The number of amides is 1. The monoisotopic (exact) mass is 285 g/mol. The Labute approximate surface area is 126 Å². The van der Waals surface area contributed by atoms with Crippen LogP contribution in [0, 0.1) is 17.3 Å². The first-order valence-electron chi connectivity index (χ1n) is 7.56. The van der Waals surface area contributed by atoms with E-state index in [9.17, 15) is 4.79 Å². The minimum atomic E-state index is -0.194. The summed E-state index contributed by atoms with van der Waals surface area (Å²) in [6.45, 7) is 3.94. The molecule has 1 fully saturated rings. The van der Waals surface area contributed by atoms with E-state index in [2.05, 4.69) is 24.1 Å². The van der Waals surface area contributed by atoms with Crippen LogP contribution in [0.2, 0.25) is 0 Å². The number of aliphatic hydroxyl groups excluding tert-OH is 1. The molecule has 112 valence electrons. The number of nitrogens with one attached hydrogen (secondary N) is 1. The molecule has 0 aromatic heterocycles. The zero-order valence-electron chi connectivity index (χ0n) is 12.8. The van der Waals surface area contributed by atoms with Gasteiger partial charge in [-0.15, -0.1) is 0 Å². The fourth-order valence-corrected chi connectivity index (χ4v) is 2.83. The fraction of sp³-hybridized carbons (Fsp3) is 0.500. The predicted molar refractivity (Wildman–Crippen MR) is 83.5 cm³/mol. The summed E-state index contributed by atoms with van der Waals surface area (Å²) >= 11 is 0. The predicted octanol–water partition coefficient (Wildman–Crippen LogP) is 2.79. The number of aliphatic hydroxyl groups is 1. The molecule has 1 aromatic rings. The smallest absolute Gasteiger partial charge is 0.226 e. The Bertz CT molecular complexity index is 545. The van der Waals surface area contributed by atoms with Crippen molar-refractivity contribution in [1.29, 1.82) is 0 Å². The number of hydrogen-bond donors (Lipinski definition) is 2. The summed E-state index contributed by atoms with van der Waals surface area (Å²) in [6.07, 6.45) is 4.27. The van der Waals surface area contributed by atoms with E-state index in [-0.39, 0.29) is 24.0 Å². The van der Waals surface area contributed by atoms with E-state index in [4.69, 9.17) is 5.11 Å². The SMILES string of the molecule is CC(NC(=O)C1(C)CCCC1)c1ccc(C#CCO)cc1. The third-order valence-corrected chi connectivity index (χ3v) is 4.33. The number of carbonyl (C=O) groups is 1. The van der Waals surface area contributed by atoms with Crippen molar-refractivity contribution in [2.75, 3.05) is 6.61 Å². The highest BCUT2D eigenvalue weighted by Gasteiger charge is 2.36. The molecule has 0 saturated heterocycles. The maximum Gasteiger partial charge on any atom is 0.226 e. The van der Waals surface area contributed by atoms with Gasteiger partial charge in [-0.2, -0.15) is 0 Å². The van der Waals surface area contributed by atoms with Gasteiger partial charge < -0.3 is 10.4 Å². The summed E-state index contributed by atoms with van der Waals surface area (Å²) in [6, 6.07) is 7.78. The van der Waals surface area contributed by atoms with Gasteiger partial charge in [0.25, 0.3) is 0 Å². The normalized spacial score (nSPS) is 17.7. The van der Waals surface area contributed by atoms with Crippen molar-refractivity contribution in [2.45, 2.75) is 45.6 Å². The number of hydrogen-bond acceptors (Lipinski definition) is 2. The standard InChI is InChI=1S/C18H23NO2/c1-14(19-17(21)18(2)11-3-4-12-18)16-9-7-15(8-10-16)6-5-13-20/h7-10,14,20H,3-4,11-13H2,1-2H3,(H,19,21). The van der Waals surface area contributed by atoms with Gasteiger partial charge in [0.15, 0.2) is 0 Å². The molecule has 0 radical (unpaired) electrons. The van der Waals surface area contributed by atoms with Crippen molar-refractivity contribution < 1.29 is 9.90 Å². The van der Waals surface area contributed by atoms with Crippen LogP contribution < -0.4 is 5.32 Å². The average molecular weight is 285 g/mol. The highest BCUT2D eigenvalue weighted by Crippen LogP contribution is 2.38. The third-order valence-electron chi connectivity index (χ3n) is 4.33. The molecule has 1 unspecified atom stereocenters. The van der Waals surface area contributed by atoms with Gasteiger partial charge in [0.1, 0.15) is 6.61 Å². The summed E-state index contributed by atoms with van der Waals surface area (Å²) in [5.41, 5.74) is 1.74. The molecule has 1 aliphatic carbocycles. The van der Waals surface area contributed by atoms with Gasteiger partial charge >= 0.3 is 0 Å². The Hall–Kier alpha value is -1.79. The van der Waals surface area contributed by atoms with Crippen molar-refractivity contribution in [3.8, 4) is 11.8 Å². The van der Waals surface area contributed by atoms with Gasteiger partial charge in [-0.05, 0) is 37.5 Å². The van der Waals surface area contributed by atoms with Gasteiger partial charge in [-0.1, -0.05) is 43.7 Å². The first-order valence-corrected chi connectivity index (χ1v) is 7.56. The van der Waals surface area contributed by atoms with Crippen molar-refractivity contribution in [2.24, 2.45) is 5.41 Å². The summed E-state index contributed by atoms with van der Waals surface area (Å²) in [5.74, 6) is 5.65. The second-order valence-electron chi connectivity index (χ2n) is 6.04. The number of benzene rings is 1. The summed E-state index contributed by atoms with van der Waals surface area (Å²) in [5, 5.41) is 11.8. The molecule has 0 bridgehead atoms. The molecule has 0 aliphatic heterocycles. The molecule has 0 spiro atoms. The Morgan fingerprint density at radius 2 is 1.95 bits per heavy atom. The molecule has 2 rings (SSSR count). The van der Waals surface area contributed by atoms with Crippen LogP contribution in [0.5, 0.6) is 0 Å². The molecule has 21 heavy (non-hydrogen) atoms. The van der Waals surface area contributed by atoms with Crippen molar-refractivity contribution in [3.63, 3.8) is 0 Å². The quantitative estimate of drug-likeness (QED) is 0.839. The summed E-state index contributed by atoms with van der Waals surface area (Å²) in [4.78, 5) is 12.4. The summed E-state index contributed by atoms with van der Waals surface area (Å²) < 4.78 is 0. The first kappa shape index (κ1) is 15.6. The lowest BCUT2D eigenvalue weighted by Crippen LogP contribution is -2.38. The van der Waals surface area contributed by atoms with E-state index in [1.54, 1.807) is 0 Å². The van der Waals surface area contributed by atoms with Crippen molar-refractivity contribution in [1.82, 2.24) is 5.32 Å². The molecular weight excluding hydrogens is 262 g/mol. The second-order valence-corrected chi connectivity index (χ2v) is 6.04. The lowest BCUT2D eigenvalue weighted by molar-refractivity contribution is -0.130. The van der Waals surface area contributed by atoms with Gasteiger partial charge in [-0.3, -0.25) is 4.79 Å². The van der Waals surface area contributed by atoms with Gasteiger partial charge in [0.05, 0.1) is 6.04 Å².